The summed E-state index contributed by atoms with van der Waals surface area (Å²) < 4.78 is 5.34. The predicted molar refractivity (Wildman–Crippen MR) is 100.0 cm³/mol. The molecule has 1 aliphatic heterocycles. The molecule has 3 aromatic rings. The second kappa shape index (κ2) is 6.65. The summed E-state index contributed by atoms with van der Waals surface area (Å²) >= 11 is 0. The highest BCUT2D eigenvalue weighted by molar-refractivity contribution is 6.07. The number of benzene rings is 2. The van der Waals surface area contributed by atoms with Crippen LogP contribution in [-0.4, -0.2) is 17.9 Å². The Morgan fingerprint density at radius 3 is 2.80 bits per heavy atom. The molecule has 124 valence electrons. The third-order valence-electron chi connectivity index (χ3n) is 4.07. The molecular weight excluding hydrogens is 312 g/mol. The molecule has 1 aliphatic rings. The lowest BCUT2D eigenvalue weighted by Crippen LogP contribution is -2.24. The molecule has 4 rings (SSSR count). The van der Waals surface area contributed by atoms with Gasteiger partial charge in [-0.1, -0.05) is 18.2 Å². The second-order valence-corrected chi connectivity index (χ2v) is 5.73. The summed E-state index contributed by atoms with van der Waals surface area (Å²) in [5, 5.41) is 6.90. The number of pyridine rings is 1. The third kappa shape index (κ3) is 3.17. The van der Waals surface area contributed by atoms with Gasteiger partial charge in [0.05, 0.1) is 18.5 Å². The third-order valence-corrected chi connectivity index (χ3v) is 4.07. The van der Waals surface area contributed by atoms with Gasteiger partial charge in [-0.3, -0.25) is 4.98 Å². The first kappa shape index (κ1) is 15.2. The number of rotatable bonds is 3. The lowest BCUT2D eigenvalue weighted by Gasteiger charge is -2.12. The van der Waals surface area contributed by atoms with E-state index >= 15 is 0 Å². The average molecular weight is 330 g/mol. The van der Waals surface area contributed by atoms with Crippen LogP contribution in [0.25, 0.3) is 0 Å². The minimum absolute atomic E-state index is 0.653. The normalized spacial score (nSPS) is 12.1. The molecule has 2 heterocycles. The van der Waals surface area contributed by atoms with Crippen LogP contribution in [-0.2, 0) is 6.54 Å². The number of hydrogen-bond acceptors (Lipinski definition) is 5. The lowest BCUT2D eigenvalue weighted by molar-refractivity contribution is 0.415. The van der Waals surface area contributed by atoms with Gasteiger partial charge in [0.2, 0.25) is 0 Å². The van der Waals surface area contributed by atoms with E-state index in [1.165, 1.54) is 0 Å². The maximum atomic E-state index is 5.34. The standard InChI is InChI=1S/C20H18N4O/c1-25-15-8-9-18-19(11-15)24-20(16-6-2-3-7-17(16)23-18)22-13-14-5-4-10-21-12-14/h2-12,23H,13H2,1H3,(H,22,24). The van der Waals surface area contributed by atoms with Gasteiger partial charge in [0.15, 0.2) is 0 Å². The van der Waals surface area contributed by atoms with Crippen molar-refractivity contribution in [3.05, 3.63) is 78.1 Å². The molecule has 0 aliphatic carbocycles. The van der Waals surface area contributed by atoms with Crippen LogP contribution < -0.4 is 15.4 Å². The van der Waals surface area contributed by atoms with E-state index in [0.29, 0.717) is 6.54 Å². The van der Waals surface area contributed by atoms with E-state index in [0.717, 1.165) is 39.8 Å². The summed E-state index contributed by atoms with van der Waals surface area (Å²) in [7, 11) is 1.66. The van der Waals surface area contributed by atoms with Crippen LogP contribution in [0.15, 0.2) is 72.0 Å². The molecule has 5 heteroatoms. The van der Waals surface area contributed by atoms with E-state index in [1.54, 1.807) is 13.3 Å². The summed E-state index contributed by atoms with van der Waals surface area (Å²) in [6.45, 7) is 0.653. The topological polar surface area (TPSA) is 58.5 Å². The predicted octanol–water partition coefficient (Wildman–Crippen LogP) is 4.02. The summed E-state index contributed by atoms with van der Waals surface area (Å²) in [5.74, 6) is 1.60. The summed E-state index contributed by atoms with van der Waals surface area (Å²) in [6.07, 6.45) is 3.62. The molecule has 0 unspecified atom stereocenters. The van der Waals surface area contributed by atoms with Gasteiger partial charge >= 0.3 is 0 Å². The number of aliphatic imine (C=N–C) groups is 1. The number of methoxy groups -OCH3 is 1. The molecule has 5 nitrogen and oxygen atoms in total. The highest BCUT2D eigenvalue weighted by Crippen LogP contribution is 2.36. The van der Waals surface area contributed by atoms with Crippen molar-refractivity contribution in [2.75, 3.05) is 12.4 Å². The molecule has 0 saturated carbocycles. The Morgan fingerprint density at radius 2 is 1.96 bits per heavy atom. The van der Waals surface area contributed by atoms with Crippen LogP contribution in [0.1, 0.15) is 11.1 Å². The molecule has 0 radical (unpaired) electrons. The Kier molecular flexibility index (Phi) is 4.04. The van der Waals surface area contributed by atoms with E-state index < -0.39 is 0 Å². The maximum absolute atomic E-state index is 5.34. The molecule has 1 aromatic heterocycles. The van der Waals surface area contributed by atoms with E-state index in [1.807, 2.05) is 48.7 Å². The smallest absolute Gasteiger partial charge is 0.136 e. The van der Waals surface area contributed by atoms with Crippen LogP contribution in [0.4, 0.5) is 17.1 Å². The van der Waals surface area contributed by atoms with Crippen molar-refractivity contribution in [3.8, 4) is 5.75 Å². The molecule has 0 amide bonds. The number of nitrogens with zero attached hydrogens (tertiary/aromatic N) is 2. The van der Waals surface area contributed by atoms with Crippen molar-refractivity contribution < 1.29 is 4.74 Å². The Balaban J connectivity index is 1.74. The van der Waals surface area contributed by atoms with Gasteiger partial charge in [0, 0.05) is 36.3 Å². The van der Waals surface area contributed by atoms with Crippen LogP contribution in [0, 0.1) is 0 Å². The number of aromatic nitrogens is 1. The maximum Gasteiger partial charge on any atom is 0.136 e. The largest absolute Gasteiger partial charge is 0.497 e. The Morgan fingerprint density at radius 1 is 1.04 bits per heavy atom. The van der Waals surface area contributed by atoms with E-state index in [2.05, 4.69) is 27.8 Å². The number of amidine groups is 1. The van der Waals surface area contributed by atoms with Crippen LogP contribution in [0.3, 0.4) is 0 Å². The van der Waals surface area contributed by atoms with Crippen molar-refractivity contribution in [2.24, 2.45) is 4.99 Å². The van der Waals surface area contributed by atoms with Gasteiger partial charge < -0.3 is 15.4 Å². The van der Waals surface area contributed by atoms with Crippen molar-refractivity contribution in [1.29, 1.82) is 0 Å². The molecule has 2 N–H and O–H groups in total. The second-order valence-electron chi connectivity index (χ2n) is 5.73. The van der Waals surface area contributed by atoms with Crippen molar-refractivity contribution in [1.82, 2.24) is 10.3 Å². The zero-order valence-electron chi connectivity index (χ0n) is 13.9. The Bertz CT molecular complexity index is 922. The van der Waals surface area contributed by atoms with Gasteiger partial charge in [-0.15, -0.1) is 0 Å². The fourth-order valence-electron chi connectivity index (χ4n) is 2.78. The minimum Gasteiger partial charge on any atom is -0.497 e. The quantitative estimate of drug-likeness (QED) is 0.762. The van der Waals surface area contributed by atoms with Crippen molar-refractivity contribution >= 4 is 22.9 Å². The summed E-state index contributed by atoms with van der Waals surface area (Å²) in [6, 6.07) is 17.9. The molecule has 25 heavy (non-hydrogen) atoms. The monoisotopic (exact) mass is 330 g/mol. The average Bonchev–Trinajstić information content (AvgIpc) is 2.83. The first-order valence-electron chi connectivity index (χ1n) is 8.09. The van der Waals surface area contributed by atoms with Gasteiger partial charge in [-0.05, 0) is 35.9 Å². The lowest BCUT2D eigenvalue weighted by atomic mass is 10.1. The van der Waals surface area contributed by atoms with E-state index in [4.69, 9.17) is 9.73 Å². The highest BCUT2D eigenvalue weighted by atomic mass is 16.5. The van der Waals surface area contributed by atoms with Crippen LogP contribution >= 0.6 is 0 Å². The molecule has 0 bridgehead atoms. The number of hydrogen-bond donors (Lipinski definition) is 2. The minimum atomic E-state index is 0.653. The zero-order chi connectivity index (χ0) is 17.1. The van der Waals surface area contributed by atoms with Gasteiger partial charge in [-0.2, -0.15) is 0 Å². The molecule has 0 fully saturated rings. The highest BCUT2D eigenvalue weighted by Gasteiger charge is 2.16. The van der Waals surface area contributed by atoms with Crippen LogP contribution in [0.5, 0.6) is 5.75 Å². The number of nitrogens with one attached hydrogen (secondary N) is 2. The number of para-hydroxylation sites is 1. The molecular formula is C20H18N4O. The fourth-order valence-corrected chi connectivity index (χ4v) is 2.78. The van der Waals surface area contributed by atoms with Gasteiger partial charge in [0.1, 0.15) is 11.6 Å². The van der Waals surface area contributed by atoms with Crippen LogP contribution in [0.2, 0.25) is 0 Å². The Hall–Kier alpha value is -3.34. The molecule has 0 saturated heterocycles. The van der Waals surface area contributed by atoms with Crippen molar-refractivity contribution in [2.45, 2.75) is 6.54 Å². The first-order chi connectivity index (χ1) is 12.3. The van der Waals surface area contributed by atoms with E-state index in [9.17, 15) is 0 Å². The van der Waals surface area contributed by atoms with Crippen molar-refractivity contribution in [3.63, 3.8) is 0 Å². The molecule has 0 spiro atoms. The summed E-state index contributed by atoms with van der Waals surface area (Å²) in [5.41, 5.74) is 4.94. The number of ether oxygens (including phenoxy) is 1. The SMILES string of the molecule is COc1ccc2c(c1)N=C(NCc1cccnc1)c1ccccc1N2. The number of anilines is 2. The van der Waals surface area contributed by atoms with E-state index in [-0.39, 0.29) is 0 Å². The summed E-state index contributed by atoms with van der Waals surface area (Å²) in [4.78, 5) is 9.01. The molecule has 0 atom stereocenters. The van der Waals surface area contributed by atoms with Gasteiger partial charge in [0.25, 0.3) is 0 Å². The molecule has 2 aromatic carbocycles. The zero-order valence-corrected chi connectivity index (χ0v) is 13.9. The first-order valence-corrected chi connectivity index (χ1v) is 8.09. The Labute approximate surface area is 146 Å². The fraction of sp³-hybridized carbons (Fsp3) is 0.100. The number of fused-ring (bicyclic) bond motifs is 2. The van der Waals surface area contributed by atoms with Gasteiger partial charge in [-0.25, -0.2) is 4.99 Å².